The van der Waals surface area contributed by atoms with Gasteiger partial charge in [0, 0.05) is 24.3 Å². The monoisotopic (exact) mass is 532 g/mol. The quantitative estimate of drug-likeness (QED) is 0.161. The molecule has 0 amide bonds. The first-order valence-electron chi connectivity index (χ1n) is 11.4. The van der Waals surface area contributed by atoms with E-state index in [1.54, 1.807) is 0 Å². The average molecular weight is 532 g/mol. The Morgan fingerprint density at radius 2 is 0.730 bits per heavy atom. The van der Waals surface area contributed by atoms with Gasteiger partial charge in [-0.05, 0) is 0 Å². The molecule has 0 aliphatic carbocycles. The SMILES string of the molecule is O=C(CCOCCOCCOCCOCCOCCC(=O)On1c(O)ccc1O)On1c(O)ccc1O. The Hall–Kier alpha value is -3.50. The minimum absolute atomic E-state index is 0.0666. The molecule has 2 heterocycles. The molecule has 15 nitrogen and oxygen atoms in total. The molecule has 0 aliphatic rings. The standard InChI is InChI=1S/C22H32N2O13/c25-17-1-2-18(26)23(17)36-21(29)5-7-31-9-11-33-13-15-35-16-14-34-12-10-32-8-6-22(30)37-24-19(27)3-4-20(24)28/h1-4,25-28H,5-16H2. The first-order chi connectivity index (χ1) is 17.9. The van der Waals surface area contributed by atoms with Crippen molar-refractivity contribution < 1.29 is 63.4 Å². The maximum atomic E-state index is 11.6. The van der Waals surface area contributed by atoms with Crippen molar-refractivity contribution >= 4 is 11.9 Å². The number of carbonyl (C=O) groups excluding carboxylic acids is 2. The van der Waals surface area contributed by atoms with Crippen LogP contribution in [0.5, 0.6) is 23.5 Å². The lowest BCUT2D eigenvalue weighted by atomic mass is 10.5. The third-order valence-electron chi connectivity index (χ3n) is 4.37. The second kappa shape index (κ2) is 17.0. The summed E-state index contributed by atoms with van der Waals surface area (Å²) in [5.74, 6) is -2.93. The number of rotatable bonds is 20. The summed E-state index contributed by atoms with van der Waals surface area (Å²) in [5, 5.41) is 37.5. The van der Waals surface area contributed by atoms with Crippen molar-refractivity contribution in [1.29, 1.82) is 0 Å². The number of aromatic nitrogens is 2. The number of hydrogen-bond acceptors (Lipinski definition) is 13. The molecule has 0 atom stereocenters. The number of ether oxygens (including phenoxy) is 5. The van der Waals surface area contributed by atoms with Gasteiger partial charge in [0.25, 0.3) is 0 Å². The fourth-order valence-corrected chi connectivity index (χ4v) is 2.58. The van der Waals surface area contributed by atoms with Gasteiger partial charge < -0.3 is 53.8 Å². The largest absolute Gasteiger partial charge is 0.492 e. The van der Waals surface area contributed by atoms with Gasteiger partial charge in [0.2, 0.25) is 23.5 Å². The molecular formula is C22H32N2O13. The summed E-state index contributed by atoms with van der Waals surface area (Å²) < 4.78 is 27.7. The lowest BCUT2D eigenvalue weighted by molar-refractivity contribution is -0.147. The first kappa shape index (κ1) is 29.7. The van der Waals surface area contributed by atoms with Gasteiger partial charge in [0.1, 0.15) is 0 Å². The van der Waals surface area contributed by atoms with Crippen LogP contribution in [0.4, 0.5) is 0 Å². The molecule has 0 fully saturated rings. The molecule has 208 valence electrons. The van der Waals surface area contributed by atoms with Gasteiger partial charge in [-0.15, -0.1) is 9.46 Å². The van der Waals surface area contributed by atoms with E-state index in [1.807, 2.05) is 0 Å². The smallest absolute Gasteiger partial charge is 0.335 e. The molecule has 0 aromatic carbocycles. The van der Waals surface area contributed by atoms with Gasteiger partial charge in [0.15, 0.2) is 0 Å². The van der Waals surface area contributed by atoms with Crippen LogP contribution in [0.3, 0.4) is 0 Å². The van der Waals surface area contributed by atoms with Crippen LogP contribution in [0.25, 0.3) is 0 Å². The molecule has 0 bridgehead atoms. The van der Waals surface area contributed by atoms with Crippen molar-refractivity contribution in [2.45, 2.75) is 12.8 Å². The van der Waals surface area contributed by atoms with E-state index in [0.29, 0.717) is 49.1 Å². The lowest BCUT2D eigenvalue weighted by Gasteiger charge is -2.09. The van der Waals surface area contributed by atoms with Crippen LogP contribution in [-0.2, 0) is 33.3 Å². The van der Waals surface area contributed by atoms with Crippen LogP contribution in [0.15, 0.2) is 24.3 Å². The Bertz CT molecular complexity index is 830. The molecule has 0 unspecified atom stereocenters. The molecule has 2 rings (SSSR count). The summed E-state index contributed by atoms with van der Waals surface area (Å²) in [4.78, 5) is 32.8. The summed E-state index contributed by atoms with van der Waals surface area (Å²) >= 11 is 0. The molecule has 0 saturated heterocycles. The predicted octanol–water partition coefficient (Wildman–Crippen LogP) is -0.414. The summed E-state index contributed by atoms with van der Waals surface area (Å²) in [7, 11) is 0. The molecule has 0 saturated carbocycles. The topological polar surface area (TPSA) is 190 Å². The highest BCUT2D eigenvalue weighted by Gasteiger charge is 2.13. The Kier molecular flexibility index (Phi) is 13.7. The highest BCUT2D eigenvalue weighted by molar-refractivity contribution is 5.70. The number of nitrogens with zero attached hydrogens (tertiary/aromatic N) is 2. The predicted molar refractivity (Wildman–Crippen MR) is 122 cm³/mol. The Morgan fingerprint density at radius 3 is 1.00 bits per heavy atom. The normalized spacial score (nSPS) is 11.0. The van der Waals surface area contributed by atoms with Crippen molar-refractivity contribution in [2.75, 3.05) is 66.1 Å². The number of aromatic hydroxyl groups is 4. The second-order valence-corrected chi connectivity index (χ2v) is 7.18. The van der Waals surface area contributed by atoms with Gasteiger partial charge in [-0.1, -0.05) is 0 Å². The Balaban J connectivity index is 1.29. The average Bonchev–Trinajstić information content (AvgIpc) is 3.36. The molecular weight excluding hydrogens is 500 g/mol. The maximum Gasteiger partial charge on any atom is 0.335 e. The van der Waals surface area contributed by atoms with E-state index in [0.717, 1.165) is 0 Å². The second-order valence-electron chi connectivity index (χ2n) is 7.18. The van der Waals surface area contributed by atoms with Crippen LogP contribution in [0.1, 0.15) is 12.8 Å². The summed E-state index contributed by atoms with van der Waals surface area (Å²) in [6.07, 6.45) is -0.133. The van der Waals surface area contributed by atoms with Crippen LogP contribution >= 0.6 is 0 Å². The molecule has 0 radical (unpaired) electrons. The van der Waals surface area contributed by atoms with Crippen molar-refractivity contribution in [3.05, 3.63) is 24.3 Å². The zero-order valence-corrected chi connectivity index (χ0v) is 20.2. The Morgan fingerprint density at radius 1 is 0.486 bits per heavy atom. The molecule has 2 aromatic heterocycles. The Labute approximate surface area is 212 Å². The van der Waals surface area contributed by atoms with Gasteiger partial charge >= 0.3 is 11.9 Å². The third-order valence-corrected chi connectivity index (χ3v) is 4.37. The molecule has 15 heteroatoms. The van der Waals surface area contributed by atoms with Crippen molar-refractivity contribution in [3.63, 3.8) is 0 Å². The van der Waals surface area contributed by atoms with Crippen LogP contribution in [0.2, 0.25) is 0 Å². The fraction of sp³-hybridized carbons (Fsp3) is 0.545. The van der Waals surface area contributed by atoms with Crippen LogP contribution in [0, 0.1) is 0 Å². The zero-order chi connectivity index (χ0) is 26.9. The lowest BCUT2D eigenvalue weighted by Crippen LogP contribution is -2.21. The minimum Gasteiger partial charge on any atom is -0.492 e. The van der Waals surface area contributed by atoms with Crippen LogP contribution in [-0.4, -0.2) is 108 Å². The van der Waals surface area contributed by atoms with E-state index in [2.05, 4.69) is 0 Å². The van der Waals surface area contributed by atoms with E-state index in [1.165, 1.54) is 24.3 Å². The molecule has 4 N–H and O–H groups in total. The van der Waals surface area contributed by atoms with Gasteiger partial charge in [-0.2, -0.15) is 0 Å². The zero-order valence-electron chi connectivity index (χ0n) is 20.2. The summed E-state index contributed by atoms with van der Waals surface area (Å²) in [6.45, 7) is 2.79. The third kappa shape index (κ3) is 11.9. The molecule has 0 aliphatic heterocycles. The van der Waals surface area contributed by atoms with E-state index in [-0.39, 0.29) is 39.3 Å². The highest BCUT2D eigenvalue weighted by Crippen LogP contribution is 2.19. The molecule has 37 heavy (non-hydrogen) atoms. The fourth-order valence-electron chi connectivity index (χ4n) is 2.58. The summed E-state index contributed by atoms with van der Waals surface area (Å²) in [6, 6.07) is 4.74. The number of carbonyl (C=O) groups is 2. The van der Waals surface area contributed by atoms with E-state index in [9.17, 15) is 30.0 Å². The van der Waals surface area contributed by atoms with E-state index in [4.69, 9.17) is 33.4 Å². The van der Waals surface area contributed by atoms with Gasteiger partial charge in [-0.25, -0.2) is 9.59 Å². The van der Waals surface area contributed by atoms with E-state index >= 15 is 0 Å². The van der Waals surface area contributed by atoms with Crippen molar-refractivity contribution in [3.8, 4) is 23.5 Å². The van der Waals surface area contributed by atoms with Gasteiger partial charge in [-0.3, -0.25) is 0 Å². The summed E-state index contributed by atoms with van der Waals surface area (Å²) in [5.41, 5.74) is 0. The van der Waals surface area contributed by atoms with Crippen molar-refractivity contribution in [1.82, 2.24) is 9.46 Å². The highest BCUT2D eigenvalue weighted by atomic mass is 16.7. The van der Waals surface area contributed by atoms with Crippen LogP contribution < -0.4 is 9.68 Å². The molecule has 0 spiro atoms. The minimum atomic E-state index is -0.679. The number of hydrogen-bond donors (Lipinski definition) is 4. The van der Waals surface area contributed by atoms with Gasteiger partial charge in [0.05, 0.1) is 78.9 Å². The molecule has 2 aromatic rings. The van der Waals surface area contributed by atoms with Crippen molar-refractivity contribution in [2.24, 2.45) is 0 Å². The van der Waals surface area contributed by atoms with E-state index < -0.39 is 35.5 Å². The first-order valence-corrected chi connectivity index (χ1v) is 11.4. The maximum absolute atomic E-state index is 11.6.